The van der Waals surface area contributed by atoms with Crippen molar-refractivity contribution in [2.45, 2.75) is 25.6 Å². The van der Waals surface area contributed by atoms with Crippen LogP contribution >= 0.6 is 0 Å². The molecule has 0 fully saturated rings. The second kappa shape index (κ2) is 4.41. The van der Waals surface area contributed by atoms with Crippen molar-refractivity contribution >= 4 is 5.82 Å². The largest absolute Gasteiger partial charge is 0.391 e. The Balaban J connectivity index is 2.55. The van der Waals surface area contributed by atoms with Crippen molar-refractivity contribution in [3.63, 3.8) is 0 Å². The first-order chi connectivity index (χ1) is 6.87. The van der Waals surface area contributed by atoms with Gasteiger partial charge in [0.2, 0.25) is 5.95 Å². The molecular weight excluding hydrogens is 214 g/mol. The minimum absolute atomic E-state index is 0.0410. The summed E-state index contributed by atoms with van der Waals surface area (Å²) >= 11 is 0. The summed E-state index contributed by atoms with van der Waals surface area (Å²) in [4.78, 5) is 6.76. The Hall–Kier alpha value is -1.40. The van der Waals surface area contributed by atoms with Crippen molar-refractivity contribution < 1.29 is 17.6 Å². The maximum absolute atomic E-state index is 12.5. The van der Waals surface area contributed by atoms with E-state index in [-0.39, 0.29) is 5.82 Å². The number of alkyl halides is 3. The Morgan fingerprint density at radius 3 is 2.60 bits per heavy atom. The smallest absolute Gasteiger partial charge is 0.367 e. The number of aromatic nitrogens is 2. The number of hydrogen-bond acceptors (Lipinski definition) is 3. The van der Waals surface area contributed by atoms with Crippen LogP contribution in [0, 0.1) is 5.95 Å². The monoisotopic (exact) mass is 223 g/mol. The molecule has 3 nitrogen and oxygen atoms in total. The van der Waals surface area contributed by atoms with E-state index in [9.17, 15) is 17.6 Å². The third-order valence-corrected chi connectivity index (χ3v) is 1.57. The fourth-order valence-corrected chi connectivity index (χ4v) is 1.06. The molecule has 0 aromatic carbocycles. The molecule has 0 saturated heterocycles. The topological polar surface area (TPSA) is 37.8 Å². The lowest BCUT2D eigenvalue weighted by molar-refractivity contribution is -0.136. The van der Waals surface area contributed by atoms with Gasteiger partial charge in [-0.25, -0.2) is 9.97 Å². The second-order valence-electron chi connectivity index (χ2n) is 3.09. The molecule has 7 heteroatoms. The zero-order valence-electron chi connectivity index (χ0n) is 7.85. The predicted octanol–water partition coefficient (Wildman–Crippen LogP) is 2.37. The molecule has 0 aliphatic heterocycles. The van der Waals surface area contributed by atoms with Gasteiger partial charge in [-0.15, -0.1) is 0 Å². The molecule has 0 saturated carbocycles. The molecule has 1 unspecified atom stereocenters. The highest BCUT2D eigenvalue weighted by atomic mass is 19.4. The van der Waals surface area contributed by atoms with Gasteiger partial charge in [-0.05, 0) is 6.92 Å². The number of anilines is 1. The van der Waals surface area contributed by atoms with Crippen molar-refractivity contribution in [1.82, 2.24) is 9.97 Å². The van der Waals surface area contributed by atoms with Gasteiger partial charge in [-0.1, -0.05) is 0 Å². The van der Waals surface area contributed by atoms with Crippen LogP contribution in [0.15, 0.2) is 12.4 Å². The zero-order valence-corrected chi connectivity index (χ0v) is 7.85. The van der Waals surface area contributed by atoms with E-state index in [4.69, 9.17) is 0 Å². The summed E-state index contributed by atoms with van der Waals surface area (Å²) in [5.41, 5.74) is 0. The Bertz CT molecular complexity index is 326. The van der Waals surface area contributed by atoms with Gasteiger partial charge in [0, 0.05) is 12.1 Å². The minimum Gasteiger partial charge on any atom is -0.367 e. The van der Waals surface area contributed by atoms with Crippen LogP contribution in [0.5, 0.6) is 0 Å². The standard InChI is InChI=1S/C8H9F4N3/c1-5(3-8(10,11)12)15-7-2-6(9)13-4-14-7/h2,4-5H,3H2,1H3,(H,13,14,15). The van der Waals surface area contributed by atoms with Crippen LogP contribution in [0.2, 0.25) is 0 Å². The molecule has 1 N–H and O–H groups in total. The molecule has 1 aromatic heterocycles. The van der Waals surface area contributed by atoms with Crippen LogP contribution in [-0.2, 0) is 0 Å². The maximum Gasteiger partial charge on any atom is 0.391 e. The van der Waals surface area contributed by atoms with Crippen LogP contribution in [0.1, 0.15) is 13.3 Å². The van der Waals surface area contributed by atoms with Crippen molar-refractivity contribution in [2.75, 3.05) is 5.32 Å². The summed E-state index contributed by atoms with van der Waals surface area (Å²) in [5, 5.41) is 2.43. The Labute approximate surface area is 83.5 Å². The highest BCUT2D eigenvalue weighted by Gasteiger charge is 2.30. The molecule has 1 heterocycles. The summed E-state index contributed by atoms with van der Waals surface area (Å²) in [6.45, 7) is 1.34. The van der Waals surface area contributed by atoms with Crippen molar-refractivity contribution in [2.24, 2.45) is 0 Å². The van der Waals surface area contributed by atoms with E-state index in [1.54, 1.807) is 0 Å². The van der Waals surface area contributed by atoms with Gasteiger partial charge < -0.3 is 5.32 Å². The van der Waals surface area contributed by atoms with Gasteiger partial charge >= 0.3 is 6.18 Å². The lowest BCUT2D eigenvalue weighted by atomic mass is 10.2. The van der Waals surface area contributed by atoms with E-state index < -0.39 is 24.6 Å². The van der Waals surface area contributed by atoms with Gasteiger partial charge in [0.25, 0.3) is 0 Å². The third kappa shape index (κ3) is 4.57. The fraction of sp³-hybridized carbons (Fsp3) is 0.500. The number of hydrogen-bond donors (Lipinski definition) is 1. The van der Waals surface area contributed by atoms with E-state index in [2.05, 4.69) is 15.3 Å². The van der Waals surface area contributed by atoms with Gasteiger partial charge in [0.05, 0.1) is 6.42 Å². The molecule has 0 aliphatic rings. The lowest BCUT2D eigenvalue weighted by Crippen LogP contribution is -2.24. The molecule has 0 amide bonds. The Kier molecular flexibility index (Phi) is 3.43. The molecule has 1 aromatic rings. The third-order valence-electron chi connectivity index (χ3n) is 1.57. The highest BCUT2D eigenvalue weighted by molar-refractivity contribution is 5.33. The molecule has 0 radical (unpaired) electrons. The van der Waals surface area contributed by atoms with Crippen molar-refractivity contribution in [3.05, 3.63) is 18.3 Å². The number of nitrogens with one attached hydrogen (secondary N) is 1. The number of halogens is 4. The molecule has 15 heavy (non-hydrogen) atoms. The molecular formula is C8H9F4N3. The normalized spacial score (nSPS) is 13.7. The van der Waals surface area contributed by atoms with E-state index in [1.165, 1.54) is 6.92 Å². The second-order valence-corrected chi connectivity index (χ2v) is 3.09. The van der Waals surface area contributed by atoms with E-state index in [0.29, 0.717) is 0 Å². The van der Waals surface area contributed by atoms with Gasteiger partial charge in [0.15, 0.2) is 0 Å². The summed E-state index contributed by atoms with van der Waals surface area (Å²) in [5.74, 6) is -0.744. The van der Waals surface area contributed by atoms with Gasteiger partial charge in [0.1, 0.15) is 12.1 Å². The first kappa shape index (κ1) is 11.7. The van der Waals surface area contributed by atoms with Crippen LogP contribution in [-0.4, -0.2) is 22.2 Å². The van der Waals surface area contributed by atoms with Gasteiger partial charge in [-0.3, -0.25) is 0 Å². The Morgan fingerprint density at radius 2 is 2.07 bits per heavy atom. The molecule has 84 valence electrons. The quantitative estimate of drug-likeness (QED) is 0.631. The first-order valence-corrected chi connectivity index (χ1v) is 4.17. The fourth-order valence-electron chi connectivity index (χ4n) is 1.06. The van der Waals surface area contributed by atoms with E-state index >= 15 is 0 Å². The molecule has 0 aliphatic carbocycles. The number of rotatable bonds is 3. The van der Waals surface area contributed by atoms with E-state index in [0.717, 1.165) is 12.4 Å². The Morgan fingerprint density at radius 1 is 1.40 bits per heavy atom. The molecule has 1 rings (SSSR count). The van der Waals surface area contributed by atoms with Crippen LogP contribution in [0.25, 0.3) is 0 Å². The van der Waals surface area contributed by atoms with Crippen LogP contribution in [0.4, 0.5) is 23.4 Å². The minimum atomic E-state index is -4.25. The van der Waals surface area contributed by atoms with E-state index in [1.807, 2.05) is 0 Å². The average molecular weight is 223 g/mol. The molecule has 1 atom stereocenters. The van der Waals surface area contributed by atoms with Crippen LogP contribution < -0.4 is 5.32 Å². The highest BCUT2D eigenvalue weighted by Crippen LogP contribution is 2.22. The average Bonchev–Trinajstić information content (AvgIpc) is 1.99. The van der Waals surface area contributed by atoms with Crippen molar-refractivity contribution in [1.29, 1.82) is 0 Å². The van der Waals surface area contributed by atoms with Crippen molar-refractivity contribution in [3.8, 4) is 0 Å². The number of nitrogens with zero attached hydrogens (tertiary/aromatic N) is 2. The SMILES string of the molecule is CC(CC(F)(F)F)Nc1cc(F)ncn1. The predicted molar refractivity (Wildman–Crippen MR) is 45.7 cm³/mol. The zero-order chi connectivity index (χ0) is 11.5. The molecule has 0 spiro atoms. The van der Waals surface area contributed by atoms with Gasteiger partial charge in [-0.2, -0.15) is 17.6 Å². The summed E-state index contributed by atoms with van der Waals surface area (Å²) in [6, 6.07) is 0.0756. The van der Waals surface area contributed by atoms with Crippen LogP contribution in [0.3, 0.4) is 0 Å². The lowest BCUT2D eigenvalue weighted by Gasteiger charge is -2.15. The summed E-state index contributed by atoms with van der Waals surface area (Å²) < 4.78 is 48.4. The summed E-state index contributed by atoms with van der Waals surface area (Å²) in [7, 11) is 0. The summed E-state index contributed by atoms with van der Waals surface area (Å²) in [6.07, 6.45) is -4.31. The molecule has 0 bridgehead atoms. The maximum atomic E-state index is 12.5. The first-order valence-electron chi connectivity index (χ1n) is 4.17.